The van der Waals surface area contributed by atoms with Crippen LogP contribution < -0.4 is 15.4 Å². The zero-order valence-electron chi connectivity index (χ0n) is 24.3. The molecule has 3 amide bonds. The number of carbonyl (C=O) groups excluding carboxylic acids is 2. The molecule has 0 spiro atoms. The van der Waals surface area contributed by atoms with Crippen LogP contribution in [0.15, 0.2) is 79.1 Å². The van der Waals surface area contributed by atoms with E-state index in [-0.39, 0.29) is 11.8 Å². The van der Waals surface area contributed by atoms with Gasteiger partial charge in [-0.3, -0.25) is 15.1 Å². The van der Waals surface area contributed by atoms with Crippen molar-refractivity contribution in [3.63, 3.8) is 0 Å². The van der Waals surface area contributed by atoms with Gasteiger partial charge in [-0.2, -0.15) is 5.10 Å². The lowest BCUT2D eigenvalue weighted by atomic mass is 9.92. The molecular weight excluding hydrogens is 552 g/mol. The molecule has 43 heavy (non-hydrogen) atoms. The van der Waals surface area contributed by atoms with E-state index < -0.39 is 30.6 Å². The Morgan fingerprint density at radius 2 is 1.58 bits per heavy atom. The molecule has 0 bridgehead atoms. The number of ether oxygens (including phenoxy) is 1. The number of hydrogen-bond donors (Lipinski definition) is 4. The first-order chi connectivity index (χ1) is 20.4. The van der Waals surface area contributed by atoms with Crippen LogP contribution in [0, 0.1) is 0 Å². The van der Waals surface area contributed by atoms with Gasteiger partial charge in [-0.1, -0.05) is 32.9 Å². The molecule has 0 unspecified atom stereocenters. The standard InChI is InChI=1S/C31H34N6O6/c1-31(2,3)26-18-27(34-30(42)33-21-7-11-23(12-8-21)43-24-13-15-32-16-14-24)37(35-26)22-9-5-20(6-10-22)17-28(39)36(4)25(19-38)29(40)41/h5-16,18,25,38H,17,19H2,1-4H3,(H,40,41)(H2,33,34,42)/t25-/m0/s1. The van der Waals surface area contributed by atoms with Crippen LogP contribution in [-0.4, -0.2) is 67.5 Å². The third kappa shape index (κ3) is 7.95. The lowest BCUT2D eigenvalue weighted by Gasteiger charge is -2.23. The van der Waals surface area contributed by atoms with Gasteiger partial charge in [0.15, 0.2) is 6.04 Å². The highest BCUT2D eigenvalue weighted by Crippen LogP contribution is 2.27. The monoisotopic (exact) mass is 586 g/mol. The smallest absolute Gasteiger partial charge is 0.328 e. The van der Waals surface area contributed by atoms with Gasteiger partial charge in [0.25, 0.3) is 0 Å². The molecule has 0 saturated heterocycles. The second kappa shape index (κ2) is 13.2. The zero-order valence-corrected chi connectivity index (χ0v) is 24.3. The first-order valence-electron chi connectivity index (χ1n) is 13.5. The maximum Gasteiger partial charge on any atom is 0.328 e. The van der Waals surface area contributed by atoms with Crippen molar-refractivity contribution in [2.45, 2.75) is 38.6 Å². The van der Waals surface area contributed by atoms with Gasteiger partial charge >= 0.3 is 12.0 Å². The molecule has 0 radical (unpaired) electrons. The number of nitrogens with one attached hydrogen (secondary N) is 2. The maximum absolute atomic E-state index is 13.0. The topological polar surface area (TPSA) is 159 Å². The van der Waals surface area contributed by atoms with E-state index in [4.69, 9.17) is 9.84 Å². The zero-order chi connectivity index (χ0) is 31.1. The largest absolute Gasteiger partial charge is 0.480 e. The average Bonchev–Trinajstić information content (AvgIpc) is 3.39. The van der Waals surface area contributed by atoms with Crippen molar-refractivity contribution in [3.05, 3.63) is 90.4 Å². The van der Waals surface area contributed by atoms with Crippen molar-refractivity contribution in [3.8, 4) is 17.2 Å². The summed E-state index contributed by atoms with van der Waals surface area (Å²) >= 11 is 0. The summed E-state index contributed by atoms with van der Waals surface area (Å²) in [6.07, 6.45) is 3.23. The van der Waals surface area contributed by atoms with E-state index >= 15 is 0 Å². The minimum Gasteiger partial charge on any atom is -0.480 e. The number of carboxylic acid groups (broad SMARTS) is 1. The number of likely N-dealkylation sites (N-methyl/N-ethyl adjacent to an activating group) is 1. The summed E-state index contributed by atoms with van der Waals surface area (Å²) in [5, 5.41) is 28.9. The number of pyridine rings is 1. The fourth-order valence-corrected chi connectivity index (χ4v) is 4.06. The van der Waals surface area contributed by atoms with Gasteiger partial charge in [0.2, 0.25) is 5.91 Å². The number of aliphatic hydroxyl groups excluding tert-OH is 1. The van der Waals surface area contributed by atoms with Crippen molar-refractivity contribution in [1.29, 1.82) is 0 Å². The second-order valence-electron chi connectivity index (χ2n) is 10.8. The van der Waals surface area contributed by atoms with Crippen LogP contribution in [0.2, 0.25) is 0 Å². The highest BCUT2D eigenvalue weighted by molar-refractivity contribution is 5.99. The van der Waals surface area contributed by atoms with E-state index in [1.165, 1.54) is 7.05 Å². The number of nitrogens with zero attached hydrogens (tertiary/aromatic N) is 4. The van der Waals surface area contributed by atoms with E-state index in [9.17, 15) is 24.6 Å². The summed E-state index contributed by atoms with van der Waals surface area (Å²) in [6, 6.07) is 17.4. The van der Waals surface area contributed by atoms with E-state index in [1.807, 2.05) is 20.8 Å². The van der Waals surface area contributed by atoms with Crippen molar-refractivity contribution in [1.82, 2.24) is 19.7 Å². The molecule has 0 saturated carbocycles. The Kier molecular flexibility index (Phi) is 9.41. The normalized spacial score (nSPS) is 11.8. The van der Waals surface area contributed by atoms with E-state index in [0.717, 1.165) is 10.6 Å². The van der Waals surface area contributed by atoms with Gasteiger partial charge in [-0.25, -0.2) is 14.3 Å². The van der Waals surface area contributed by atoms with Crippen LogP contribution in [0.4, 0.5) is 16.3 Å². The maximum atomic E-state index is 13.0. The Balaban J connectivity index is 1.47. The molecule has 4 rings (SSSR count). The molecule has 0 aliphatic heterocycles. The Hall–Kier alpha value is -5.23. The number of aliphatic hydroxyl groups is 1. The van der Waals surface area contributed by atoms with E-state index in [0.29, 0.717) is 34.3 Å². The molecule has 224 valence electrons. The summed E-state index contributed by atoms with van der Waals surface area (Å²) < 4.78 is 7.37. The van der Waals surface area contributed by atoms with Crippen LogP contribution in [0.25, 0.3) is 5.69 Å². The van der Waals surface area contributed by atoms with E-state index in [2.05, 4.69) is 15.6 Å². The van der Waals surface area contributed by atoms with Gasteiger partial charge in [0.1, 0.15) is 17.3 Å². The molecule has 12 nitrogen and oxygen atoms in total. The first-order valence-corrected chi connectivity index (χ1v) is 13.5. The van der Waals surface area contributed by atoms with Crippen LogP contribution in [-0.2, 0) is 21.4 Å². The van der Waals surface area contributed by atoms with Gasteiger partial charge in [0.05, 0.1) is 24.4 Å². The number of carbonyl (C=O) groups is 3. The number of anilines is 2. The third-order valence-corrected chi connectivity index (χ3v) is 6.57. The molecule has 0 aliphatic carbocycles. The van der Waals surface area contributed by atoms with Crippen LogP contribution in [0.3, 0.4) is 0 Å². The summed E-state index contributed by atoms with van der Waals surface area (Å²) in [5.41, 5.74) is 2.31. The molecule has 0 fully saturated rings. The molecule has 2 aromatic heterocycles. The summed E-state index contributed by atoms with van der Waals surface area (Å²) in [7, 11) is 1.34. The number of amides is 3. The molecule has 12 heteroatoms. The lowest BCUT2D eigenvalue weighted by molar-refractivity contribution is -0.150. The van der Waals surface area contributed by atoms with Gasteiger partial charge < -0.3 is 25.2 Å². The number of hydrogen-bond acceptors (Lipinski definition) is 7. The fourth-order valence-electron chi connectivity index (χ4n) is 4.06. The van der Waals surface area contributed by atoms with Crippen molar-refractivity contribution >= 4 is 29.4 Å². The Morgan fingerprint density at radius 1 is 0.953 bits per heavy atom. The van der Waals surface area contributed by atoms with Crippen molar-refractivity contribution in [2.24, 2.45) is 0 Å². The minimum absolute atomic E-state index is 0.0488. The number of carboxylic acids is 1. The lowest BCUT2D eigenvalue weighted by Crippen LogP contribution is -2.45. The Morgan fingerprint density at radius 3 is 2.16 bits per heavy atom. The Labute approximate surface area is 248 Å². The van der Waals surface area contributed by atoms with Crippen LogP contribution >= 0.6 is 0 Å². The van der Waals surface area contributed by atoms with Gasteiger partial charge in [-0.15, -0.1) is 0 Å². The fraction of sp³-hybridized carbons (Fsp3) is 0.258. The molecule has 2 aromatic carbocycles. The molecule has 1 atom stereocenters. The number of aromatic nitrogens is 3. The predicted molar refractivity (Wildman–Crippen MR) is 161 cm³/mol. The molecule has 4 N–H and O–H groups in total. The molecule has 2 heterocycles. The molecule has 0 aliphatic rings. The number of urea groups is 1. The molecular formula is C31H34N6O6. The second-order valence-corrected chi connectivity index (χ2v) is 10.8. The minimum atomic E-state index is -1.32. The van der Waals surface area contributed by atoms with Crippen LogP contribution in [0.1, 0.15) is 32.0 Å². The SMILES string of the molecule is CN(C(=O)Cc1ccc(-n2nc(C(C)(C)C)cc2NC(=O)Nc2ccc(Oc3ccncc3)cc2)cc1)[C@@H](CO)C(=O)O. The van der Waals surface area contributed by atoms with Crippen molar-refractivity contribution < 1.29 is 29.3 Å². The van der Waals surface area contributed by atoms with Gasteiger partial charge in [0, 0.05) is 36.6 Å². The number of benzene rings is 2. The van der Waals surface area contributed by atoms with E-state index in [1.54, 1.807) is 83.8 Å². The summed E-state index contributed by atoms with van der Waals surface area (Å²) in [6.45, 7) is 5.37. The average molecular weight is 587 g/mol. The number of rotatable bonds is 10. The van der Waals surface area contributed by atoms with Gasteiger partial charge in [-0.05, 0) is 54.1 Å². The summed E-state index contributed by atoms with van der Waals surface area (Å²) in [4.78, 5) is 41.8. The quantitative estimate of drug-likeness (QED) is 0.212. The first kappa shape index (κ1) is 30.7. The predicted octanol–water partition coefficient (Wildman–Crippen LogP) is 4.45. The Bertz CT molecular complexity index is 1560. The van der Waals surface area contributed by atoms with Crippen LogP contribution in [0.5, 0.6) is 11.5 Å². The highest BCUT2D eigenvalue weighted by Gasteiger charge is 2.26. The molecule has 4 aromatic rings. The third-order valence-electron chi connectivity index (χ3n) is 6.57. The number of aliphatic carboxylic acids is 1. The highest BCUT2D eigenvalue weighted by atomic mass is 16.5. The summed E-state index contributed by atoms with van der Waals surface area (Å²) in [5.74, 6) is -0.0258. The van der Waals surface area contributed by atoms with Crippen molar-refractivity contribution in [2.75, 3.05) is 24.3 Å².